The van der Waals surface area contributed by atoms with Crippen LogP contribution in [-0.2, 0) is 30.5 Å². The summed E-state index contributed by atoms with van der Waals surface area (Å²) in [6, 6.07) is 13.3. The number of rotatable bonds is 9. The highest BCUT2D eigenvalue weighted by molar-refractivity contribution is 7.17. The van der Waals surface area contributed by atoms with Crippen molar-refractivity contribution in [3.05, 3.63) is 69.6 Å². The van der Waals surface area contributed by atoms with Crippen LogP contribution in [0.5, 0.6) is 11.5 Å². The Kier molecular flexibility index (Phi) is 7.90. The van der Waals surface area contributed by atoms with Crippen LogP contribution in [0, 0.1) is 0 Å². The number of nitrogen functional groups attached to an aromatic ring is 1. The predicted molar refractivity (Wildman–Crippen MR) is 168 cm³/mol. The molecule has 0 spiro atoms. The molecule has 0 bridgehead atoms. The molecular weight excluding hydrogens is 566 g/mol. The van der Waals surface area contributed by atoms with Crippen LogP contribution >= 0.6 is 11.3 Å². The number of carbonyl (C=O) groups excluding carboxylic acids is 2. The van der Waals surface area contributed by atoms with Gasteiger partial charge in [-0.2, -0.15) is 0 Å². The van der Waals surface area contributed by atoms with Crippen molar-refractivity contribution < 1.29 is 23.8 Å². The lowest BCUT2D eigenvalue weighted by Crippen LogP contribution is -2.17. The summed E-state index contributed by atoms with van der Waals surface area (Å²) in [6.45, 7) is 2.47. The molecule has 11 heteroatoms. The first-order valence-electron chi connectivity index (χ1n) is 14.3. The Labute approximate surface area is 252 Å². The molecule has 0 aliphatic heterocycles. The van der Waals surface area contributed by atoms with Gasteiger partial charge in [-0.05, 0) is 74.4 Å². The van der Waals surface area contributed by atoms with Crippen LogP contribution in [0.3, 0.4) is 0 Å². The molecule has 3 aromatic heterocycles. The molecule has 3 heterocycles. The number of hydrogen-bond donors (Lipinski definition) is 2. The highest BCUT2D eigenvalue weighted by Gasteiger charge is 2.30. The fraction of sp³-hybridized carbons (Fsp3) is 0.312. The van der Waals surface area contributed by atoms with Gasteiger partial charge in [-0.3, -0.25) is 4.79 Å². The van der Waals surface area contributed by atoms with E-state index in [2.05, 4.69) is 5.32 Å². The van der Waals surface area contributed by atoms with E-state index in [-0.39, 0.29) is 18.0 Å². The quantitative estimate of drug-likeness (QED) is 0.204. The minimum atomic E-state index is -0.443. The molecule has 0 fully saturated rings. The van der Waals surface area contributed by atoms with E-state index in [0.717, 1.165) is 41.7 Å². The van der Waals surface area contributed by atoms with Gasteiger partial charge in [0.05, 0.1) is 37.4 Å². The monoisotopic (exact) mass is 599 g/mol. The molecule has 3 N–H and O–H groups in total. The summed E-state index contributed by atoms with van der Waals surface area (Å²) in [5.74, 6) is 0.662. The van der Waals surface area contributed by atoms with Gasteiger partial charge in [0.2, 0.25) is 0 Å². The minimum Gasteiger partial charge on any atom is -0.493 e. The van der Waals surface area contributed by atoms with Gasteiger partial charge in [-0.1, -0.05) is 18.2 Å². The van der Waals surface area contributed by atoms with Crippen LogP contribution in [0.25, 0.3) is 22.2 Å². The summed E-state index contributed by atoms with van der Waals surface area (Å²) in [5.41, 5.74) is 11.6. The molecule has 5 aromatic rings. The molecule has 0 saturated carbocycles. The molecule has 1 aliphatic carbocycles. The molecule has 1 aliphatic rings. The van der Waals surface area contributed by atoms with Crippen molar-refractivity contribution >= 4 is 56.2 Å². The van der Waals surface area contributed by atoms with Gasteiger partial charge in [0.15, 0.2) is 17.1 Å². The smallest absolute Gasteiger partial charge is 0.341 e. The second kappa shape index (κ2) is 11.9. The standard InChI is InChI=1S/C32H33N5O5S/c1-4-42-32(39)25-19-9-5-8-12-24(19)43-31(25)36-30(38)26-27-29(35-21-11-7-6-10-20(21)34-27)37(28(26)33)16-15-18-13-14-22(40-2)23(17-18)41-3/h6-7,10-11,13-14,17H,4-5,8-9,12,15-16,33H2,1-3H3,(H,36,38). The average molecular weight is 600 g/mol. The van der Waals surface area contributed by atoms with Gasteiger partial charge in [-0.15, -0.1) is 11.3 Å². The lowest BCUT2D eigenvalue weighted by molar-refractivity contribution is 0.0526. The maximum atomic E-state index is 14.0. The Bertz CT molecular complexity index is 1860. The number of hydrogen-bond acceptors (Lipinski definition) is 9. The van der Waals surface area contributed by atoms with E-state index in [1.165, 1.54) is 11.3 Å². The van der Waals surface area contributed by atoms with Crippen molar-refractivity contribution in [2.24, 2.45) is 0 Å². The number of ether oxygens (including phenoxy) is 3. The highest BCUT2D eigenvalue weighted by Crippen LogP contribution is 2.39. The zero-order chi connectivity index (χ0) is 30.1. The van der Waals surface area contributed by atoms with Crippen LogP contribution in [0.2, 0.25) is 0 Å². The number of anilines is 2. The van der Waals surface area contributed by atoms with Gasteiger partial charge < -0.3 is 29.8 Å². The minimum absolute atomic E-state index is 0.224. The topological polar surface area (TPSA) is 131 Å². The third-order valence-corrected chi connectivity index (χ3v) is 8.98. The van der Waals surface area contributed by atoms with Crippen molar-refractivity contribution in [3.63, 3.8) is 0 Å². The van der Waals surface area contributed by atoms with Crippen LogP contribution in [0.4, 0.5) is 10.8 Å². The molecule has 0 atom stereocenters. The lowest BCUT2D eigenvalue weighted by Gasteiger charge is -2.12. The molecule has 0 unspecified atom stereocenters. The van der Waals surface area contributed by atoms with Gasteiger partial charge in [0, 0.05) is 11.4 Å². The lowest BCUT2D eigenvalue weighted by atomic mass is 9.95. The Morgan fingerprint density at radius 2 is 1.74 bits per heavy atom. The van der Waals surface area contributed by atoms with Crippen molar-refractivity contribution in [1.29, 1.82) is 0 Å². The van der Waals surface area contributed by atoms with E-state index < -0.39 is 11.9 Å². The molecule has 0 radical (unpaired) electrons. The first kappa shape index (κ1) is 28.5. The summed E-state index contributed by atoms with van der Waals surface area (Å²) in [7, 11) is 3.20. The van der Waals surface area contributed by atoms with Gasteiger partial charge in [0.25, 0.3) is 5.91 Å². The van der Waals surface area contributed by atoms with Crippen molar-refractivity contribution in [3.8, 4) is 11.5 Å². The SMILES string of the molecule is CCOC(=O)c1c(NC(=O)c2c(N)n(CCc3ccc(OC)c(OC)c3)c3nc4ccccc4nc23)sc2c1CCCC2. The number of esters is 1. The summed E-state index contributed by atoms with van der Waals surface area (Å²) < 4.78 is 18.0. The molecule has 1 amide bonds. The molecular formula is C32H33N5O5S. The zero-order valence-electron chi connectivity index (χ0n) is 24.4. The number of fused-ring (bicyclic) bond motifs is 3. The maximum absolute atomic E-state index is 14.0. The number of thiophene rings is 1. The first-order valence-corrected chi connectivity index (χ1v) is 15.1. The van der Waals surface area contributed by atoms with E-state index >= 15 is 0 Å². The summed E-state index contributed by atoms with van der Waals surface area (Å²) in [5, 5.41) is 3.49. The van der Waals surface area contributed by atoms with E-state index in [9.17, 15) is 9.59 Å². The number of para-hydroxylation sites is 2. The third kappa shape index (κ3) is 5.25. The number of carbonyl (C=O) groups is 2. The Hall–Kier alpha value is -4.64. The van der Waals surface area contributed by atoms with Crippen molar-refractivity contribution in [2.75, 3.05) is 31.9 Å². The van der Waals surface area contributed by atoms with Crippen LogP contribution in [-0.4, -0.2) is 47.2 Å². The first-order chi connectivity index (χ1) is 20.9. The molecule has 43 heavy (non-hydrogen) atoms. The predicted octanol–water partition coefficient (Wildman–Crippen LogP) is 5.80. The second-order valence-electron chi connectivity index (χ2n) is 10.3. The number of aryl methyl sites for hydroxylation is 3. The largest absolute Gasteiger partial charge is 0.493 e. The number of nitrogens with zero attached hydrogens (tertiary/aromatic N) is 3. The highest BCUT2D eigenvalue weighted by atomic mass is 32.1. The molecule has 10 nitrogen and oxygen atoms in total. The second-order valence-corrected chi connectivity index (χ2v) is 11.4. The molecule has 222 valence electrons. The molecule has 0 saturated heterocycles. The number of nitrogens with two attached hydrogens (primary N) is 1. The summed E-state index contributed by atoms with van der Waals surface area (Å²) in [6.07, 6.45) is 4.29. The Morgan fingerprint density at radius 1 is 1.00 bits per heavy atom. The van der Waals surface area contributed by atoms with Crippen LogP contribution in [0.1, 0.15) is 56.5 Å². The maximum Gasteiger partial charge on any atom is 0.341 e. The van der Waals surface area contributed by atoms with Crippen LogP contribution < -0.4 is 20.5 Å². The van der Waals surface area contributed by atoms with Crippen molar-refractivity contribution in [1.82, 2.24) is 14.5 Å². The van der Waals surface area contributed by atoms with Gasteiger partial charge in [-0.25, -0.2) is 14.8 Å². The Morgan fingerprint density at radius 3 is 2.49 bits per heavy atom. The summed E-state index contributed by atoms with van der Waals surface area (Å²) >= 11 is 1.44. The van der Waals surface area contributed by atoms with E-state index in [1.807, 2.05) is 47.0 Å². The fourth-order valence-corrected chi connectivity index (χ4v) is 6.96. The number of nitrogens with one attached hydrogen (secondary N) is 1. The van der Waals surface area contributed by atoms with Gasteiger partial charge >= 0.3 is 5.97 Å². The number of benzene rings is 2. The van der Waals surface area contributed by atoms with Crippen molar-refractivity contribution in [2.45, 2.75) is 45.6 Å². The molecule has 2 aromatic carbocycles. The fourth-order valence-electron chi connectivity index (χ4n) is 5.68. The Balaban J connectivity index is 1.41. The zero-order valence-corrected chi connectivity index (χ0v) is 25.2. The number of amides is 1. The van der Waals surface area contributed by atoms with E-state index in [0.29, 0.717) is 57.2 Å². The number of methoxy groups -OCH3 is 2. The summed E-state index contributed by atoms with van der Waals surface area (Å²) in [4.78, 5) is 37.9. The average Bonchev–Trinajstić information content (AvgIpc) is 3.51. The normalized spacial score (nSPS) is 12.7. The third-order valence-electron chi connectivity index (χ3n) is 7.77. The van der Waals surface area contributed by atoms with E-state index in [4.69, 9.17) is 29.9 Å². The van der Waals surface area contributed by atoms with Gasteiger partial charge in [0.1, 0.15) is 21.9 Å². The molecule has 6 rings (SSSR count). The van der Waals surface area contributed by atoms with Crippen LogP contribution in [0.15, 0.2) is 42.5 Å². The number of aromatic nitrogens is 3. The van der Waals surface area contributed by atoms with E-state index in [1.54, 1.807) is 21.1 Å².